The van der Waals surface area contributed by atoms with Gasteiger partial charge in [0.1, 0.15) is 5.75 Å². The van der Waals surface area contributed by atoms with Gasteiger partial charge >= 0.3 is 0 Å². The molecular weight excluding hydrogens is 1030 g/mol. The Morgan fingerprint density at radius 1 is 0.471 bits per heavy atom. The van der Waals surface area contributed by atoms with Crippen LogP contribution < -0.4 is 0 Å². The Kier molecular flexibility index (Phi) is 11.6. The summed E-state index contributed by atoms with van der Waals surface area (Å²) in [4.78, 5) is 10.4. The summed E-state index contributed by atoms with van der Waals surface area (Å²) in [6.45, 7) is 7.49. The smallest absolute Gasteiger partial charge is 0.124 e. The van der Waals surface area contributed by atoms with Gasteiger partial charge < -0.3 is 9.67 Å². The van der Waals surface area contributed by atoms with E-state index >= 15 is 0 Å². The van der Waals surface area contributed by atoms with E-state index in [1.807, 2.05) is 42.5 Å². The van der Waals surface area contributed by atoms with Gasteiger partial charge in [-0.3, -0.25) is 9.97 Å². The van der Waals surface area contributed by atoms with Gasteiger partial charge in [-0.25, -0.2) is 0 Å². The molecule has 0 spiro atoms. The van der Waals surface area contributed by atoms with Gasteiger partial charge in [-0.1, -0.05) is 183 Å². The number of aryl methyl sites for hydroxylation is 1. The standard InChI is InChI=1S/C65H48N3O.Pt/c1-42-34-51(40-58(66-42)47-24-17-25-48(35-47)59-38-50(45-22-11-6-12-23-45)39-60(67-59)54-27-14-16-29-62(54)69)64-63(49-30-32-53-52-26-13-15-28-56(52)65(2,3)57(53)37-49)55-36-46(44-20-9-5-10-21-44)31-33-61(55)68(64)41-43-18-7-4-8-19-43;/h4-34,36-40,69H,41H2,1-3H3;/q-1;. The number of fused-ring (bicyclic) bond motifs is 4. The van der Waals surface area contributed by atoms with Crippen molar-refractivity contribution in [2.24, 2.45) is 0 Å². The molecule has 0 aliphatic heterocycles. The topological polar surface area (TPSA) is 50.9 Å². The number of phenolic OH excluding ortho intramolecular Hbond substituents is 1. The van der Waals surface area contributed by atoms with Crippen LogP contribution in [-0.4, -0.2) is 19.6 Å². The summed E-state index contributed by atoms with van der Waals surface area (Å²) in [6, 6.07) is 80.7. The Bertz CT molecular complexity index is 3750. The van der Waals surface area contributed by atoms with Crippen LogP contribution in [0.3, 0.4) is 0 Å². The molecule has 0 fully saturated rings. The molecule has 3 aromatic heterocycles. The van der Waals surface area contributed by atoms with Crippen molar-refractivity contribution in [2.75, 3.05) is 0 Å². The molecule has 1 N–H and O–H groups in total. The van der Waals surface area contributed by atoms with Gasteiger partial charge in [0.2, 0.25) is 0 Å². The van der Waals surface area contributed by atoms with E-state index in [1.165, 1.54) is 61.0 Å². The average molecular weight is 1080 g/mol. The fourth-order valence-corrected chi connectivity index (χ4v) is 10.6. The number of hydrogen-bond donors (Lipinski definition) is 1. The zero-order chi connectivity index (χ0) is 46.6. The van der Waals surface area contributed by atoms with Crippen molar-refractivity contribution in [1.82, 2.24) is 14.5 Å². The summed E-state index contributed by atoms with van der Waals surface area (Å²) in [7, 11) is 0. The summed E-state index contributed by atoms with van der Waals surface area (Å²) in [5, 5.41) is 12.2. The Hall–Kier alpha value is -7.91. The van der Waals surface area contributed by atoms with Crippen molar-refractivity contribution < 1.29 is 26.2 Å². The normalized spacial score (nSPS) is 12.3. The fraction of sp³-hybridized carbons (Fsp3) is 0.0769. The first-order valence-corrected chi connectivity index (χ1v) is 23.7. The van der Waals surface area contributed by atoms with Crippen molar-refractivity contribution in [2.45, 2.75) is 32.7 Å². The van der Waals surface area contributed by atoms with E-state index in [2.05, 4.69) is 201 Å². The molecule has 1 aliphatic carbocycles. The quantitative estimate of drug-likeness (QED) is 0.147. The molecule has 1 aliphatic rings. The zero-order valence-electron chi connectivity index (χ0n) is 39.1. The van der Waals surface area contributed by atoms with E-state index in [0.29, 0.717) is 17.8 Å². The minimum absolute atomic E-state index is 0. The van der Waals surface area contributed by atoms with E-state index < -0.39 is 0 Å². The number of aromatic nitrogens is 3. The molecule has 70 heavy (non-hydrogen) atoms. The Labute approximate surface area is 423 Å². The minimum atomic E-state index is -0.168. The van der Waals surface area contributed by atoms with Crippen LogP contribution >= 0.6 is 0 Å². The second-order valence-corrected chi connectivity index (χ2v) is 18.7. The first-order chi connectivity index (χ1) is 33.8. The number of nitrogens with zero attached hydrogens (tertiary/aromatic N) is 3. The van der Waals surface area contributed by atoms with Gasteiger partial charge in [-0.2, -0.15) is 0 Å². The summed E-state index contributed by atoms with van der Waals surface area (Å²) in [5.74, 6) is 0.185. The molecule has 0 bridgehead atoms. The van der Waals surface area contributed by atoms with Gasteiger partial charge in [0, 0.05) is 72.1 Å². The maximum atomic E-state index is 11.0. The maximum absolute atomic E-state index is 11.0. The third-order valence-corrected chi connectivity index (χ3v) is 13.9. The first kappa shape index (κ1) is 44.6. The fourth-order valence-electron chi connectivity index (χ4n) is 10.6. The molecule has 8 aromatic carbocycles. The van der Waals surface area contributed by atoms with Crippen LogP contribution in [0.4, 0.5) is 0 Å². The third-order valence-electron chi connectivity index (χ3n) is 13.9. The Balaban J connectivity index is 0.00000533. The molecule has 11 aromatic rings. The third kappa shape index (κ3) is 7.99. The van der Waals surface area contributed by atoms with Gasteiger partial charge in [0.15, 0.2) is 0 Å². The van der Waals surface area contributed by atoms with Crippen molar-refractivity contribution in [1.29, 1.82) is 0 Å². The molecule has 12 rings (SSSR count). The van der Waals surface area contributed by atoms with Crippen LogP contribution in [0.2, 0.25) is 0 Å². The van der Waals surface area contributed by atoms with Crippen molar-refractivity contribution in [3.05, 3.63) is 247 Å². The Morgan fingerprint density at radius 2 is 1.06 bits per heavy atom. The van der Waals surface area contributed by atoms with Crippen LogP contribution in [0.25, 0.3) is 100 Å². The van der Waals surface area contributed by atoms with Crippen LogP contribution in [0.15, 0.2) is 218 Å². The summed E-state index contributed by atoms with van der Waals surface area (Å²) < 4.78 is 2.51. The number of hydrogen-bond acceptors (Lipinski definition) is 3. The van der Waals surface area contributed by atoms with E-state index in [9.17, 15) is 5.11 Å². The van der Waals surface area contributed by atoms with E-state index in [4.69, 9.17) is 9.97 Å². The van der Waals surface area contributed by atoms with Crippen molar-refractivity contribution in [3.63, 3.8) is 0 Å². The summed E-state index contributed by atoms with van der Waals surface area (Å²) >= 11 is 0. The van der Waals surface area contributed by atoms with Crippen LogP contribution in [-0.2, 0) is 33.0 Å². The first-order valence-electron chi connectivity index (χ1n) is 23.7. The number of benzene rings is 8. The van der Waals surface area contributed by atoms with Gasteiger partial charge in [-0.05, 0) is 111 Å². The second-order valence-electron chi connectivity index (χ2n) is 18.7. The number of para-hydroxylation sites is 1. The number of aromatic hydroxyl groups is 1. The molecule has 0 radical (unpaired) electrons. The second kappa shape index (κ2) is 18.2. The maximum Gasteiger partial charge on any atom is 0.124 e. The molecule has 0 amide bonds. The SMILES string of the molecule is Cc1cc(-c2c(-c3ccc4c(c3)C(C)(C)c3ccccc3-4)c3cc(-c4ccccc4)ccc3n2Cc2ccccc2)cc(-c2[c-]c(-c3cc(-c4ccccc4)cc(-c4ccccc4O)n3)ccc2)n1.[Pt]. The average Bonchev–Trinajstić information content (AvgIpc) is 3.83. The summed E-state index contributed by atoms with van der Waals surface area (Å²) in [6.07, 6.45) is 0. The van der Waals surface area contributed by atoms with E-state index in [-0.39, 0.29) is 32.2 Å². The molecule has 0 saturated carbocycles. The van der Waals surface area contributed by atoms with E-state index in [1.54, 1.807) is 6.07 Å². The molecule has 0 unspecified atom stereocenters. The van der Waals surface area contributed by atoms with Crippen LogP contribution in [0.5, 0.6) is 5.75 Å². The minimum Gasteiger partial charge on any atom is -0.507 e. The predicted molar refractivity (Wildman–Crippen MR) is 284 cm³/mol. The summed E-state index contributed by atoms with van der Waals surface area (Å²) in [5.41, 5.74) is 22.1. The number of pyridine rings is 2. The van der Waals surface area contributed by atoms with Crippen LogP contribution in [0, 0.1) is 13.0 Å². The van der Waals surface area contributed by atoms with Gasteiger partial charge in [0.05, 0.1) is 11.4 Å². The zero-order valence-corrected chi connectivity index (χ0v) is 41.4. The molecule has 3 heterocycles. The molecule has 340 valence electrons. The number of phenols is 1. The molecule has 4 nitrogen and oxygen atoms in total. The molecule has 0 saturated heterocycles. The molecule has 0 atom stereocenters. The van der Waals surface area contributed by atoms with Crippen molar-refractivity contribution in [3.8, 4) is 95.3 Å². The molecular formula is C65H48N3OPt-. The monoisotopic (exact) mass is 1080 g/mol. The van der Waals surface area contributed by atoms with E-state index in [0.717, 1.165) is 50.6 Å². The van der Waals surface area contributed by atoms with Crippen LogP contribution in [0.1, 0.15) is 36.2 Å². The number of rotatable bonds is 9. The predicted octanol–water partition coefficient (Wildman–Crippen LogP) is 16.3. The largest absolute Gasteiger partial charge is 0.507 e. The Morgan fingerprint density at radius 3 is 1.79 bits per heavy atom. The van der Waals surface area contributed by atoms with Gasteiger partial charge in [0.25, 0.3) is 0 Å². The molecule has 5 heteroatoms. The van der Waals surface area contributed by atoms with Gasteiger partial charge in [-0.15, -0.1) is 24.3 Å². The van der Waals surface area contributed by atoms with Crippen molar-refractivity contribution >= 4 is 10.9 Å².